The first kappa shape index (κ1) is 20.2. The van der Waals surface area contributed by atoms with Crippen LogP contribution >= 0.6 is 0 Å². The predicted octanol–water partition coefficient (Wildman–Crippen LogP) is 4.19. The Kier molecular flexibility index (Phi) is 8.29. The van der Waals surface area contributed by atoms with Crippen molar-refractivity contribution in [3.05, 3.63) is 0 Å². The third kappa shape index (κ3) is 8.96. The number of esters is 1. The van der Waals surface area contributed by atoms with Crippen molar-refractivity contribution in [3.63, 3.8) is 0 Å². The number of alkyl halides is 3. The summed E-state index contributed by atoms with van der Waals surface area (Å²) >= 11 is 0. The average molecular weight is 311 g/mol. The first-order valence-electron chi connectivity index (χ1n) is 7.54. The molecule has 3 nitrogen and oxygen atoms in total. The molecule has 0 rings (SSSR count). The van der Waals surface area contributed by atoms with Gasteiger partial charge in [-0.05, 0) is 27.2 Å². The van der Waals surface area contributed by atoms with Gasteiger partial charge >= 0.3 is 12.1 Å². The van der Waals surface area contributed by atoms with Gasteiger partial charge in [0, 0.05) is 0 Å². The molecule has 0 fully saturated rings. The fourth-order valence-corrected chi connectivity index (χ4v) is 2.02. The molecule has 0 saturated heterocycles. The molecule has 2 N–H and O–H groups in total. The third-order valence-corrected chi connectivity index (χ3v) is 3.14. The Bertz CT molecular complexity index is 311. The molecule has 126 valence electrons. The Labute approximate surface area is 125 Å². The van der Waals surface area contributed by atoms with Gasteiger partial charge in [0.25, 0.3) is 0 Å². The molecular weight excluding hydrogens is 283 g/mol. The molecule has 0 bridgehead atoms. The number of carbonyl (C=O) groups is 1. The highest BCUT2D eigenvalue weighted by Crippen LogP contribution is 2.29. The van der Waals surface area contributed by atoms with Gasteiger partial charge in [0.15, 0.2) is 0 Å². The van der Waals surface area contributed by atoms with E-state index in [1.54, 1.807) is 20.8 Å². The Hall–Kier alpha value is -0.780. The van der Waals surface area contributed by atoms with Crippen LogP contribution in [0.15, 0.2) is 0 Å². The number of hydrogen-bond donors (Lipinski definition) is 1. The molecule has 0 aromatic rings. The van der Waals surface area contributed by atoms with E-state index in [0.717, 1.165) is 25.7 Å². The topological polar surface area (TPSA) is 52.3 Å². The summed E-state index contributed by atoms with van der Waals surface area (Å²) in [6.07, 6.45) is -0.0749. The lowest BCUT2D eigenvalue weighted by atomic mass is 9.93. The van der Waals surface area contributed by atoms with Crippen LogP contribution in [0.25, 0.3) is 0 Å². The molecule has 0 aliphatic carbocycles. The summed E-state index contributed by atoms with van der Waals surface area (Å²) in [6, 6.07) is -2.17. The van der Waals surface area contributed by atoms with Crippen molar-refractivity contribution >= 4 is 5.97 Å². The Morgan fingerprint density at radius 1 is 1.10 bits per heavy atom. The maximum atomic E-state index is 12.8. The van der Waals surface area contributed by atoms with E-state index in [-0.39, 0.29) is 6.42 Å². The summed E-state index contributed by atoms with van der Waals surface area (Å²) in [6.45, 7) is 6.94. The van der Waals surface area contributed by atoms with Crippen molar-refractivity contribution in [2.75, 3.05) is 0 Å². The van der Waals surface area contributed by atoms with E-state index in [9.17, 15) is 18.0 Å². The highest BCUT2D eigenvalue weighted by atomic mass is 19.4. The molecule has 6 heteroatoms. The first-order valence-corrected chi connectivity index (χ1v) is 7.54. The molecule has 0 aliphatic rings. The van der Waals surface area contributed by atoms with Crippen LogP contribution in [0.1, 0.15) is 66.2 Å². The normalized spacial score (nSPS) is 15.6. The molecule has 0 aromatic heterocycles. The maximum Gasteiger partial charge on any atom is 0.404 e. The first-order chi connectivity index (χ1) is 9.49. The minimum absolute atomic E-state index is 0.110. The van der Waals surface area contributed by atoms with Gasteiger partial charge in [0.05, 0.1) is 5.92 Å². The van der Waals surface area contributed by atoms with Crippen LogP contribution in [0.4, 0.5) is 13.2 Å². The lowest BCUT2D eigenvalue weighted by Gasteiger charge is -2.28. The number of rotatable bonds is 8. The molecule has 0 radical (unpaired) electrons. The van der Waals surface area contributed by atoms with Crippen molar-refractivity contribution < 1.29 is 22.7 Å². The Morgan fingerprint density at radius 2 is 1.62 bits per heavy atom. The van der Waals surface area contributed by atoms with Gasteiger partial charge in [0.1, 0.15) is 11.6 Å². The van der Waals surface area contributed by atoms with Crippen molar-refractivity contribution in [1.29, 1.82) is 0 Å². The lowest BCUT2D eigenvalue weighted by molar-refractivity contribution is -0.183. The zero-order valence-corrected chi connectivity index (χ0v) is 13.4. The van der Waals surface area contributed by atoms with Crippen molar-refractivity contribution in [3.8, 4) is 0 Å². The molecule has 0 aliphatic heterocycles. The molecule has 0 amide bonds. The second-order valence-electron chi connectivity index (χ2n) is 6.41. The van der Waals surface area contributed by atoms with Crippen LogP contribution in [0.2, 0.25) is 0 Å². The summed E-state index contributed by atoms with van der Waals surface area (Å²) in [5.41, 5.74) is 4.41. The number of ether oxygens (including phenoxy) is 1. The standard InChI is InChI=1S/C15H28F3NO2/c1-5-6-7-8-9-10-11(12(19)15(16,17)18)13(20)21-14(2,3)4/h11-12H,5-10,19H2,1-4H3/t11-,12-/m1/s1. The van der Waals surface area contributed by atoms with Gasteiger partial charge < -0.3 is 10.5 Å². The SMILES string of the molecule is CCCCCCC[C@@H](C(=O)OC(C)(C)C)[C@@H](N)C(F)(F)F. The van der Waals surface area contributed by atoms with E-state index in [4.69, 9.17) is 10.5 Å². The number of halogens is 3. The molecule has 21 heavy (non-hydrogen) atoms. The summed E-state index contributed by atoms with van der Waals surface area (Å²) in [5, 5.41) is 0. The molecule has 0 heterocycles. The molecule has 0 saturated carbocycles. The van der Waals surface area contributed by atoms with Crippen LogP contribution in [-0.2, 0) is 9.53 Å². The molecule has 0 aromatic carbocycles. The largest absolute Gasteiger partial charge is 0.460 e. The van der Waals surface area contributed by atoms with Crippen molar-refractivity contribution in [2.45, 2.75) is 84.0 Å². The molecule has 0 spiro atoms. The average Bonchev–Trinajstić information content (AvgIpc) is 2.29. The smallest absolute Gasteiger partial charge is 0.404 e. The highest BCUT2D eigenvalue weighted by molar-refractivity contribution is 5.73. The maximum absolute atomic E-state index is 12.8. The summed E-state index contributed by atoms with van der Waals surface area (Å²) in [5.74, 6) is -2.19. The van der Waals surface area contributed by atoms with Crippen LogP contribution in [0.3, 0.4) is 0 Å². The quantitative estimate of drug-likeness (QED) is 0.540. The lowest BCUT2D eigenvalue weighted by Crippen LogP contribution is -2.48. The summed E-state index contributed by atoms with van der Waals surface area (Å²) in [4.78, 5) is 12.0. The van der Waals surface area contributed by atoms with Crippen LogP contribution in [-0.4, -0.2) is 23.8 Å². The molecule has 2 atom stereocenters. The number of unbranched alkanes of at least 4 members (excludes halogenated alkanes) is 4. The molecular formula is C15H28F3NO2. The van der Waals surface area contributed by atoms with E-state index in [1.807, 2.05) is 0 Å². The second-order valence-corrected chi connectivity index (χ2v) is 6.41. The van der Waals surface area contributed by atoms with E-state index in [1.165, 1.54) is 0 Å². The Morgan fingerprint density at radius 3 is 2.05 bits per heavy atom. The fourth-order valence-electron chi connectivity index (χ4n) is 2.02. The van der Waals surface area contributed by atoms with E-state index in [2.05, 4.69) is 6.92 Å². The molecule has 0 unspecified atom stereocenters. The van der Waals surface area contributed by atoms with E-state index in [0.29, 0.717) is 6.42 Å². The number of nitrogens with two attached hydrogens (primary N) is 1. The van der Waals surface area contributed by atoms with E-state index >= 15 is 0 Å². The fraction of sp³-hybridized carbons (Fsp3) is 0.933. The van der Waals surface area contributed by atoms with Gasteiger partial charge in [-0.1, -0.05) is 39.0 Å². The monoisotopic (exact) mass is 311 g/mol. The summed E-state index contributed by atoms with van der Waals surface area (Å²) in [7, 11) is 0. The second kappa shape index (κ2) is 8.61. The van der Waals surface area contributed by atoms with E-state index < -0.39 is 29.7 Å². The van der Waals surface area contributed by atoms with Crippen LogP contribution in [0.5, 0.6) is 0 Å². The minimum Gasteiger partial charge on any atom is -0.460 e. The van der Waals surface area contributed by atoms with Crippen molar-refractivity contribution in [1.82, 2.24) is 0 Å². The number of hydrogen-bond acceptors (Lipinski definition) is 3. The third-order valence-electron chi connectivity index (χ3n) is 3.14. The zero-order chi connectivity index (χ0) is 16.7. The van der Waals surface area contributed by atoms with Gasteiger partial charge in [-0.2, -0.15) is 13.2 Å². The highest BCUT2D eigenvalue weighted by Gasteiger charge is 2.45. The van der Waals surface area contributed by atoms with Gasteiger partial charge in [0.2, 0.25) is 0 Å². The summed E-state index contributed by atoms with van der Waals surface area (Å²) < 4.78 is 43.4. The van der Waals surface area contributed by atoms with Gasteiger partial charge in [-0.15, -0.1) is 0 Å². The predicted molar refractivity (Wildman–Crippen MR) is 76.7 cm³/mol. The van der Waals surface area contributed by atoms with Gasteiger partial charge in [-0.3, -0.25) is 4.79 Å². The van der Waals surface area contributed by atoms with Crippen molar-refractivity contribution in [2.24, 2.45) is 11.7 Å². The zero-order valence-electron chi connectivity index (χ0n) is 13.4. The van der Waals surface area contributed by atoms with Crippen LogP contribution < -0.4 is 5.73 Å². The van der Waals surface area contributed by atoms with Crippen LogP contribution in [0, 0.1) is 5.92 Å². The number of carbonyl (C=O) groups excluding carboxylic acids is 1. The minimum atomic E-state index is -4.59. The Balaban J connectivity index is 4.66. The van der Waals surface area contributed by atoms with Gasteiger partial charge in [-0.25, -0.2) is 0 Å².